The van der Waals surface area contributed by atoms with E-state index in [0.717, 1.165) is 5.38 Å². The van der Waals surface area contributed by atoms with Crippen LogP contribution in [0, 0.1) is 0 Å². The fourth-order valence-electron chi connectivity index (χ4n) is 1.28. The molecule has 0 aromatic rings. The quantitative estimate of drug-likeness (QED) is 0.242. The van der Waals surface area contributed by atoms with Crippen molar-refractivity contribution in [3.63, 3.8) is 0 Å². The molecule has 0 saturated heterocycles. The van der Waals surface area contributed by atoms with Crippen molar-refractivity contribution in [2.45, 2.75) is 40.5 Å². The smallest absolute Gasteiger partial charge is 0.373 e. The highest BCUT2D eigenvalue weighted by Gasteiger charge is 2.40. The largest absolute Gasteiger partial charge is 0.512 e. The predicted molar refractivity (Wildman–Crippen MR) is 95.6 cm³/mol. The van der Waals surface area contributed by atoms with Gasteiger partial charge in [0.25, 0.3) is 0 Å². The first-order valence-corrected chi connectivity index (χ1v) is 13.8. The molecule has 0 saturated carbocycles. The summed E-state index contributed by atoms with van der Waals surface area (Å²) in [6.07, 6.45) is 2.55. The first-order valence-electron chi connectivity index (χ1n) is 6.74. The Hall–Kier alpha value is 1.50. The predicted octanol–water partition coefficient (Wildman–Crippen LogP) is 5.05. The van der Waals surface area contributed by atoms with Crippen LogP contribution in [0.4, 0.5) is 0 Å². The average molecular weight is 363 g/mol. The van der Waals surface area contributed by atoms with Gasteiger partial charge in [-0.1, -0.05) is 34.9 Å². The van der Waals surface area contributed by atoms with Gasteiger partial charge in [-0.05, 0) is 46.8 Å². The Balaban J connectivity index is 3.89. The van der Waals surface area contributed by atoms with Gasteiger partial charge in [-0.2, -0.15) is 0 Å². The number of rotatable bonds is 14. The van der Waals surface area contributed by atoms with Gasteiger partial charge < -0.3 is 13.3 Å². The van der Waals surface area contributed by atoms with Crippen LogP contribution in [0.5, 0.6) is 0 Å². The molecule has 0 amide bonds. The molecule has 0 aliphatic carbocycles. The standard InChI is InChI=1S/C11H26O3S4Si/c1-5-9-10-15-17-18-16-11-19(12-6-2,13-7-3)14-8-4/h5-11H2,1-4H3. The lowest BCUT2D eigenvalue weighted by atomic mass is 10.4. The lowest BCUT2D eigenvalue weighted by Crippen LogP contribution is -2.48. The Morgan fingerprint density at radius 2 is 1.32 bits per heavy atom. The summed E-state index contributed by atoms with van der Waals surface area (Å²) in [7, 11) is 4.89. The fraction of sp³-hybridized carbons (Fsp3) is 1.00. The van der Waals surface area contributed by atoms with Crippen molar-refractivity contribution < 1.29 is 13.3 Å². The van der Waals surface area contributed by atoms with Crippen LogP contribution in [0.25, 0.3) is 0 Å². The van der Waals surface area contributed by atoms with Crippen LogP contribution >= 0.6 is 41.2 Å². The summed E-state index contributed by atoms with van der Waals surface area (Å²) in [6.45, 7) is 10.1. The van der Waals surface area contributed by atoms with Gasteiger partial charge in [0, 0.05) is 25.6 Å². The van der Waals surface area contributed by atoms with Crippen LogP contribution in [0.15, 0.2) is 0 Å². The normalized spacial score (nSPS) is 12.0. The highest BCUT2D eigenvalue weighted by molar-refractivity contribution is 9.26. The van der Waals surface area contributed by atoms with Crippen molar-refractivity contribution in [1.29, 1.82) is 0 Å². The molecule has 8 heteroatoms. The molecule has 0 N–H and O–H groups in total. The van der Waals surface area contributed by atoms with Gasteiger partial charge in [-0.25, -0.2) is 0 Å². The summed E-state index contributed by atoms with van der Waals surface area (Å²) in [5, 5.41) is 0.814. The minimum Gasteiger partial charge on any atom is -0.373 e. The van der Waals surface area contributed by atoms with E-state index in [-0.39, 0.29) is 0 Å². The van der Waals surface area contributed by atoms with Crippen LogP contribution < -0.4 is 0 Å². The molecule has 0 bridgehead atoms. The van der Waals surface area contributed by atoms with E-state index in [0.29, 0.717) is 19.8 Å². The molecular formula is C11H26O3S4Si. The molecule has 0 rings (SSSR count). The molecule has 3 nitrogen and oxygen atoms in total. The van der Waals surface area contributed by atoms with Gasteiger partial charge >= 0.3 is 8.80 Å². The van der Waals surface area contributed by atoms with Crippen molar-refractivity contribution in [2.24, 2.45) is 0 Å². The summed E-state index contributed by atoms with van der Waals surface area (Å²) in [5.41, 5.74) is 0. The van der Waals surface area contributed by atoms with E-state index in [1.165, 1.54) is 18.6 Å². The Kier molecular flexibility index (Phi) is 15.6. The maximum Gasteiger partial charge on any atom is 0.512 e. The fourth-order valence-corrected chi connectivity index (χ4v) is 12.4. The first-order chi connectivity index (χ1) is 9.24. The summed E-state index contributed by atoms with van der Waals surface area (Å²) >= 11 is 0. The van der Waals surface area contributed by atoms with Gasteiger partial charge in [-0.3, -0.25) is 0 Å². The van der Waals surface area contributed by atoms with Gasteiger partial charge in [0.2, 0.25) is 0 Å². The van der Waals surface area contributed by atoms with Crippen molar-refractivity contribution in [3.05, 3.63) is 0 Å². The maximum absolute atomic E-state index is 5.80. The number of hydrogen-bond donors (Lipinski definition) is 0. The lowest BCUT2D eigenvalue weighted by Gasteiger charge is -2.27. The molecule has 116 valence electrons. The summed E-state index contributed by atoms with van der Waals surface area (Å²) < 4.78 is 17.4. The van der Waals surface area contributed by atoms with Crippen molar-refractivity contribution >= 4 is 50.0 Å². The minimum atomic E-state index is -2.45. The van der Waals surface area contributed by atoms with Crippen molar-refractivity contribution in [2.75, 3.05) is 30.9 Å². The van der Waals surface area contributed by atoms with Crippen LogP contribution in [-0.2, 0) is 13.3 Å². The summed E-state index contributed by atoms with van der Waals surface area (Å²) in [4.78, 5) is 0. The second-order valence-electron chi connectivity index (χ2n) is 3.56. The van der Waals surface area contributed by atoms with E-state index < -0.39 is 8.80 Å². The Bertz CT molecular complexity index is 184. The molecule has 0 fully saturated rings. The molecule has 0 aromatic carbocycles. The molecule has 0 aliphatic heterocycles. The highest BCUT2D eigenvalue weighted by atomic mass is 33.7. The molecule has 0 radical (unpaired) electrons. The molecule has 19 heavy (non-hydrogen) atoms. The second-order valence-corrected chi connectivity index (χ2v) is 12.8. The molecule has 0 aromatic heterocycles. The van der Waals surface area contributed by atoms with E-state index in [9.17, 15) is 0 Å². The first kappa shape index (κ1) is 20.5. The Labute approximate surface area is 134 Å². The second kappa shape index (κ2) is 14.4. The van der Waals surface area contributed by atoms with Crippen LogP contribution in [0.3, 0.4) is 0 Å². The third kappa shape index (κ3) is 10.8. The minimum absolute atomic E-state index is 0.649. The van der Waals surface area contributed by atoms with Gasteiger partial charge in [-0.15, -0.1) is 0 Å². The molecular weight excluding hydrogens is 336 g/mol. The summed E-state index contributed by atoms with van der Waals surface area (Å²) in [5.74, 6) is 1.22. The van der Waals surface area contributed by atoms with Crippen LogP contribution in [0.1, 0.15) is 40.5 Å². The monoisotopic (exact) mass is 362 g/mol. The molecule has 0 heterocycles. The van der Waals surface area contributed by atoms with E-state index in [2.05, 4.69) is 6.92 Å². The third-order valence-corrected chi connectivity index (χ3v) is 12.8. The topological polar surface area (TPSA) is 27.7 Å². The highest BCUT2D eigenvalue weighted by Crippen LogP contribution is 2.44. The molecule has 0 spiro atoms. The van der Waals surface area contributed by atoms with E-state index in [4.69, 9.17) is 13.3 Å². The van der Waals surface area contributed by atoms with Gasteiger partial charge in [0.1, 0.15) is 0 Å². The summed E-state index contributed by atoms with van der Waals surface area (Å²) in [6, 6.07) is 0. The van der Waals surface area contributed by atoms with E-state index in [1.54, 1.807) is 20.6 Å². The van der Waals surface area contributed by atoms with Gasteiger partial charge in [0.05, 0.1) is 5.38 Å². The maximum atomic E-state index is 5.80. The van der Waals surface area contributed by atoms with Crippen molar-refractivity contribution in [3.8, 4) is 0 Å². The average Bonchev–Trinajstić information content (AvgIpc) is 2.39. The molecule has 0 atom stereocenters. The number of hydrogen-bond acceptors (Lipinski definition) is 7. The molecule has 0 unspecified atom stereocenters. The Morgan fingerprint density at radius 1 is 0.789 bits per heavy atom. The third-order valence-electron chi connectivity index (χ3n) is 2.03. The number of unbranched alkanes of at least 4 members (excludes halogenated alkanes) is 1. The Morgan fingerprint density at radius 3 is 1.79 bits per heavy atom. The van der Waals surface area contributed by atoms with E-state index in [1.807, 2.05) is 41.4 Å². The van der Waals surface area contributed by atoms with E-state index >= 15 is 0 Å². The lowest BCUT2D eigenvalue weighted by molar-refractivity contribution is 0.0774. The zero-order chi connectivity index (χ0) is 14.4. The molecule has 0 aliphatic rings. The van der Waals surface area contributed by atoms with Gasteiger partial charge in [0.15, 0.2) is 0 Å². The van der Waals surface area contributed by atoms with Crippen LogP contribution in [0.2, 0.25) is 0 Å². The van der Waals surface area contributed by atoms with Crippen LogP contribution in [-0.4, -0.2) is 39.8 Å². The SMILES string of the molecule is CCCCSSSSC[Si](OCC)(OCC)OCC. The zero-order valence-corrected chi connectivity index (χ0v) is 16.6. The zero-order valence-electron chi connectivity index (χ0n) is 12.3. The van der Waals surface area contributed by atoms with Crippen molar-refractivity contribution in [1.82, 2.24) is 0 Å².